The van der Waals surface area contributed by atoms with Gasteiger partial charge in [-0.05, 0) is 75.1 Å². The summed E-state index contributed by atoms with van der Waals surface area (Å²) in [7, 11) is 7.31. The molecule has 0 radical (unpaired) electrons. The number of nitrogens with zero attached hydrogens (tertiary/aromatic N) is 2. The highest BCUT2D eigenvalue weighted by Crippen LogP contribution is 2.39. The molecule has 0 saturated heterocycles. The van der Waals surface area contributed by atoms with Crippen molar-refractivity contribution in [2.24, 2.45) is 7.05 Å². The van der Waals surface area contributed by atoms with Crippen LogP contribution >= 0.6 is 0 Å². The minimum absolute atomic E-state index is 0.0372. The van der Waals surface area contributed by atoms with Crippen molar-refractivity contribution in [1.82, 2.24) is 9.47 Å². The Morgan fingerprint density at radius 1 is 1.00 bits per heavy atom. The summed E-state index contributed by atoms with van der Waals surface area (Å²) in [5, 5.41) is 0.990. The highest BCUT2D eigenvalue weighted by Gasteiger charge is 2.34. The second kappa shape index (κ2) is 7.73. The molecule has 0 amide bonds. The number of carbonyl (C=O) groups excluding carboxylic acids is 1. The van der Waals surface area contributed by atoms with Gasteiger partial charge >= 0.3 is 0 Å². The van der Waals surface area contributed by atoms with Gasteiger partial charge in [0, 0.05) is 36.2 Å². The topological polar surface area (TPSA) is 43.7 Å². The fraction of sp³-hybridized carbons (Fsp3) is 0.370. The lowest BCUT2D eigenvalue weighted by Gasteiger charge is -2.37. The molecule has 168 valence electrons. The highest BCUT2D eigenvalue weighted by atomic mass is 16.5. The van der Waals surface area contributed by atoms with Crippen LogP contribution in [0.2, 0.25) is 0 Å². The van der Waals surface area contributed by atoms with Crippen LogP contribution in [0.5, 0.6) is 11.5 Å². The molecule has 0 unspecified atom stereocenters. The maximum atomic E-state index is 14.1. The number of ketones is 1. The van der Waals surface area contributed by atoms with E-state index in [9.17, 15) is 4.79 Å². The lowest BCUT2D eigenvalue weighted by Crippen LogP contribution is -2.43. The van der Waals surface area contributed by atoms with Crippen LogP contribution in [0.1, 0.15) is 46.6 Å². The van der Waals surface area contributed by atoms with Crippen LogP contribution in [0.15, 0.2) is 36.0 Å². The molecule has 1 aromatic heterocycles. The van der Waals surface area contributed by atoms with Gasteiger partial charge in [-0.3, -0.25) is 4.79 Å². The van der Waals surface area contributed by atoms with Crippen molar-refractivity contribution < 1.29 is 14.3 Å². The number of aryl methyl sites for hydroxylation is 2. The minimum Gasteiger partial charge on any atom is -0.493 e. The smallest absolute Gasteiger partial charge is 0.211 e. The molecule has 1 aliphatic heterocycles. The van der Waals surface area contributed by atoms with Gasteiger partial charge in [0.25, 0.3) is 0 Å². The van der Waals surface area contributed by atoms with Gasteiger partial charge in [0.15, 0.2) is 11.5 Å². The second-order valence-electron chi connectivity index (χ2n) is 9.35. The van der Waals surface area contributed by atoms with Gasteiger partial charge in [-0.1, -0.05) is 12.1 Å². The third kappa shape index (κ3) is 3.36. The number of rotatable bonds is 4. The van der Waals surface area contributed by atoms with Crippen molar-refractivity contribution in [1.29, 1.82) is 0 Å². The number of benzene rings is 2. The molecule has 0 N–H and O–H groups in total. The van der Waals surface area contributed by atoms with Gasteiger partial charge in [-0.2, -0.15) is 0 Å². The van der Waals surface area contributed by atoms with Gasteiger partial charge in [0.05, 0.1) is 25.5 Å². The molecule has 0 spiro atoms. The number of Topliss-reactive ketones (excluding diaryl/α,β-unsaturated/α-hetero) is 1. The van der Waals surface area contributed by atoms with E-state index in [1.807, 2.05) is 39.2 Å². The molecular weight excluding hydrogens is 400 g/mol. The Bertz CT molecular complexity index is 1260. The zero-order valence-electron chi connectivity index (χ0n) is 20.3. The molecule has 1 aliphatic rings. The Morgan fingerprint density at radius 3 is 2.31 bits per heavy atom. The third-order valence-electron chi connectivity index (χ3n) is 6.94. The summed E-state index contributed by atoms with van der Waals surface area (Å²) < 4.78 is 13.2. The molecule has 0 atom stereocenters. The molecule has 4 rings (SSSR count). The molecular formula is C27H32N2O3. The Kier molecular flexibility index (Phi) is 5.32. The van der Waals surface area contributed by atoms with E-state index < -0.39 is 0 Å². The Hall–Kier alpha value is -3.21. The van der Waals surface area contributed by atoms with Gasteiger partial charge in [0.2, 0.25) is 5.78 Å². The summed E-state index contributed by atoms with van der Waals surface area (Å²) >= 11 is 0. The van der Waals surface area contributed by atoms with E-state index in [0.717, 1.165) is 39.7 Å². The summed E-state index contributed by atoms with van der Waals surface area (Å²) in [6.07, 6.45) is 2.78. The van der Waals surface area contributed by atoms with E-state index in [2.05, 4.69) is 48.4 Å². The molecule has 0 saturated carbocycles. The molecule has 2 aromatic carbocycles. The van der Waals surface area contributed by atoms with Crippen molar-refractivity contribution in [3.05, 3.63) is 64.0 Å². The number of hydrogen-bond acceptors (Lipinski definition) is 4. The Labute approximate surface area is 190 Å². The van der Waals surface area contributed by atoms with E-state index >= 15 is 0 Å². The summed E-state index contributed by atoms with van der Waals surface area (Å²) in [5.74, 6) is 1.40. The van der Waals surface area contributed by atoms with Crippen molar-refractivity contribution in [3.63, 3.8) is 0 Å². The normalized spacial score (nSPS) is 15.2. The summed E-state index contributed by atoms with van der Waals surface area (Å²) in [4.78, 5) is 16.2. The zero-order chi connectivity index (χ0) is 23.4. The second-order valence-corrected chi connectivity index (χ2v) is 9.35. The summed E-state index contributed by atoms with van der Waals surface area (Å²) in [5.41, 5.74) is 6.52. The first-order chi connectivity index (χ1) is 15.1. The Balaban J connectivity index is 1.94. The maximum Gasteiger partial charge on any atom is 0.211 e. The van der Waals surface area contributed by atoms with Crippen molar-refractivity contribution in [3.8, 4) is 11.5 Å². The third-order valence-corrected chi connectivity index (χ3v) is 6.94. The lowest BCUT2D eigenvalue weighted by atomic mass is 9.92. The quantitative estimate of drug-likeness (QED) is 0.525. The fourth-order valence-electron chi connectivity index (χ4n) is 4.69. The van der Waals surface area contributed by atoms with Crippen molar-refractivity contribution in [2.75, 3.05) is 21.3 Å². The zero-order valence-corrected chi connectivity index (χ0v) is 20.3. The number of allylic oxidation sites excluding steroid dienone is 1. The van der Waals surface area contributed by atoms with Crippen LogP contribution in [-0.2, 0) is 13.5 Å². The largest absolute Gasteiger partial charge is 0.493 e. The van der Waals surface area contributed by atoms with Crippen LogP contribution in [0.3, 0.4) is 0 Å². The van der Waals surface area contributed by atoms with E-state index in [1.54, 1.807) is 14.2 Å². The SMILES string of the molecule is COc1cc2c(cc1OC)CC(C)(C)N(C)C(C(=O)c1c(C)n(C)c3cc(C)ccc13)=C2. The molecule has 5 nitrogen and oxygen atoms in total. The van der Waals surface area contributed by atoms with Crippen LogP contribution in [0.25, 0.3) is 17.0 Å². The van der Waals surface area contributed by atoms with E-state index in [-0.39, 0.29) is 11.3 Å². The summed E-state index contributed by atoms with van der Waals surface area (Å²) in [6.45, 7) is 8.43. The highest BCUT2D eigenvalue weighted by molar-refractivity contribution is 6.19. The van der Waals surface area contributed by atoms with Crippen LogP contribution in [-0.4, -0.2) is 42.1 Å². The molecule has 0 bridgehead atoms. The maximum absolute atomic E-state index is 14.1. The first kappa shape index (κ1) is 22.0. The average molecular weight is 433 g/mol. The standard InChI is InChI=1S/C27H32N2O3/c1-16-9-10-20-21(11-16)28(5)17(2)25(20)26(30)22-12-18-13-23(31-7)24(32-8)14-19(18)15-27(3,4)29(22)6/h9-14H,15H2,1-8H3. The number of methoxy groups -OCH3 is 2. The van der Waals surface area contributed by atoms with Crippen molar-refractivity contribution in [2.45, 2.75) is 39.7 Å². The van der Waals surface area contributed by atoms with E-state index in [4.69, 9.17) is 9.47 Å². The number of likely N-dealkylation sites (N-methyl/N-ethyl adjacent to an activating group) is 1. The monoisotopic (exact) mass is 432 g/mol. The lowest BCUT2D eigenvalue weighted by molar-refractivity contribution is 0.0958. The summed E-state index contributed by atoms with van der Waals surface area (Å²) in [6, 6.07) is 10.3. The van der Waals surface area contributed by atoms with Crippen molar-refractivity contribution >= 4 is 22.8 Å². The van der Waals surface area contributed by atoms with Gasteiger partial charge in [0.1, 0.15) is 0 Å². The number of ether oxygens (including phenoxy) is 2. The molecule has 2 heterocycles. The molecule has 3 aromatic rings. The van der Waals surface area contributed by atoms with Crippen LogP contribution in [0.4, 0.5) is 0 Å². The number of carbonyl (C=O) groups is 1. The first-order valence-electron chi connectivity index (χ1n) is 10.9. The van der Waals surface area contributed by atoms with Gasteiger partial charge in [-0.15, -0.1) is 0 Å². The van der Waals surface area contributed by atoms with Gasteiger partial charge in [-0.25, -0.2) is 0 Å². The molecule has 32 heavy (non-hydrogen) atoms. The number of hydrogen-bond donors (Lipinski definition) is 0. The average Bonchev–Trinajstić information content (AvgIpc) is 2.94. The van der Waals surface area contributed by atoms with E-state index in [0.29, 0.717) is 17.2 Å². The van der Waals surface area contributed by atoms with Gasteiger partial charge < -0.3 is 18.9 Å². The minimum atomic E-state index is -0.262. The predicted molar refractivity (Wildman–Crippen MR) is 130 cm³/mol. The molecule has 5 heteroatoms. The molecule has 0 fully saturated rings. The fourth-order valence-corrected chi connectivity index (χ4v) is 4.69. The van der Waals surface area contributed by atoms with E-state index in [1.165, 1.54) is 5.56 Å². The number of aromatic nitrogens is 1. The number of fused-ring (bicyclic) bond motifs is 2. The molecule has 0 aliphatic carbocycles. The first-order valence-corrected chi connectivity index (χ1v) is 10.9. The van der Waals surface area contributed by atoms with Crippen LogP contribution < -0.4 is 9.47 Å². The van der Waals surface area contributed by atoms with Crippen LogP contribution in [0, 0.1) is 13.8 Å². The Morgan fingerprint density at radius 2 is 1.66 bits per heavy atom. The predicted octanol–water partition coefficient (Wildman–Crippen LogP) is 5.30.